The van der Waals surface area contributed by atoms with Crippen molar-refractivity contribution in [3.63, 3.8) is 0 Å². The number of nitrogens with zero attached hydrogens (tertiary/aromatic N) is 3. The molecule has 0 unspecified atom stereocenters. The molecule has 0 bridgehead atoms. The second-order valence-electron chi connectivity index (χ2n) is 5.07. The third kappa shape index (κ3) is 2.68. The molecule has 7 heteroatoms. The van der Waals surface area contributed by atoms with E-state index in [0.29, 0.717) is 20.6 Å². The van der Waals surface area contributed by atoms with Gasteiger partial charge in [-0.1, -0.05) is 37.2 Å². The smallest absolute Gasteiger partial charge is 0.162 e. The summed E-state index contributed by atoms with van der Waals surface area (Å²) in [7, 11) is 0. The SMILES string of the molecule is CC(C)c1nnc2ccc(Sc3ccc(F)cc3F)c(Cl)n12. The van der Waals surface area contributed by atoms with Gasteiger partial charge in [0.1, 0.15) is 22.6 Å². The minimum absolute atomic E-state index is 0.148. The van der Waals surface area contributed by atoms with Crippen molar-refractivity contribution in [2.45, 2.75) is 29.6 Å². The van der Waals surface area contributed by atoms with E-state index in [1.165, 1.54) is 12.1 Å². The van der Waals surface area contributed by atoms with Gasteiger partial charge < -0.3 is 0 Å². The first kappa shape index (κ1) is 15.2. The first-order valence-corrected chi connectivity index (χ1v) is 7.83. The molecule has 0 aliphatic heterocycles. The summed E-state index contributed by atoms with van der Waals surface area (Å²) in [4.78, 5) is 0.961. The number of benzene rings is 1. The lowest BCUT2D eigenvalue weighted by Crippen LogP contribution is -1.99. The van der Waals surface area contributed by atoms with Crippen LogP contribution < -0.4 is 0 Å². The minimum atomic E-state index is -0.617. The highest BCUT2D eigenvalue weighted by atomic mass is 35.5. The Labute approximate surface area is 135 Å². The highest BCUT2D eigenvalue weighted by Crippen LogP contribution is 2.36. The fraction of sp³-hybridized carbons (Fsp3) is 0.200. The topological polar surface area (TPSA) is 30.2 Å². The normalized spacial score (nSPS) is 11.5. The van der Waals surface area contributed by atoms with Crippen LogP contribution in [0, 0.1) is 11.6 Å². The van der Waals surface area contributed by atoms with Crippen LogP contribution in [-0.4, -0.2) is 14.6 Å². The van der Waals surface area contributed by atoms with Crippen molar-refractivity contribution in [2.75, 3.05) is 0 Å². The maximum absolute atomic E-state index is 13.8. The lowest BCUT2D eigenvalue weighted by molar-refractivity contribution is 0.565. The van der Waals surface area contributed by atoms with Crippen LogP contribution >= 0.6 is 23.4 Å². The fourth-order valence-corrected chi connectivity index (χ4v) is 3.27. The molecule has 3 rings (SSSR count). The maximum atomic E-state index is 13.8. The number of aromatic nitrogens is 3. The van der Waals surface area contributed by atoms with E-state index in [2.05, 4.69) is 10.2 Å². The Hall–Kier alpha value is -1.66. The zero-order valence-electron chi connectivity index (χ0n) is 11.8. The van der Waals surface area contributed by atoms with E-state index in [0.717, 1.165) is 23.7 Å². The van der Waals surface area contributed by atoms with Crippen LogP contribution in [0.2, 0.25) is 5.15 Å². The second kappa shape index (κ2) is 5.85. The predicted molar refractivity (Wildman–Crippen MR) is 82.6 cm³/mol. The highest BCUT2D eigenvalue weighted by molar-refractivity contribution is 7.99. The van der Waals surface area contributed by atoms with Crippen molar-refractivity contribution in [3.8, 4) is 0 Å². The van der Waals surface area contributed by atoms with Crippen molar-refractivity contribution >= 4 is 29.0 Å². The summed E-state index contributed by atoms with van der Waals surface area (Å²) in [5.74, 6) is -0.337. The molecule has 3 aromatic rings. The van der Waals surface area contributed by atoms with E-state index in [1.54, 1.807) is 16.5 Å². The molecule has 22 heavy (non-hydrogen) atoms. The van der Waals surface area contributed by atoms with E-state index in [-0.39, 0.29) is 5.92 Å². The summed E-state index contributed by atoms with van der Waals surface area (Å²) >= 11 is 7.57. The molecule has 114 valence electrons. The van der Waals surface area contributed by atoms with Gasteiger partial charge in [-0.2, -0.15) is 0 Å². The molecule has 0 saturated carbocycles. The molecule has 0 N–H and O–H groups in total. The van der Waals surface area contributed by atoms with E-state index in [9.17, 15) is 8.78 Å². The molecule has 0 spiro atoms. The average Bonchev–Trinajstić information content (AvgIpc) is 2.89. The van der Waals surface area contributed by atoms with Crippen LogP contribution in [0.5, 0.6) is 0 Å². The monoisotopic (exact) mass is 339 g/mol. The van der Waals surface area contributed by atoms with Crippen LogP contribution in [0.1, 0.15) is 25.6 Å². The second-order valence-corrected chi connectivity index (χ2v) is 6.51. The van der Waals surface area contributed by atoms with Gasteiger partial charge in [0.15, 0.2) is 5.65 Å². The Morgan fingerprint density at radius 3 is 2.50 bits per heavy atom. The fourth-order valence-electron chi connectivity index (χ4n) is 2.07. The first-order chi connectivity index (χ1) is 10.5. The van der Waals surface area contributed by atoms with Gasteiger partial charge in [0.25, 0.3) is 0 Å². The Morgan fingerprint density at radius 2 is 1.82 bits per heavy atom. The summed E-state index contributed by atoms with van der Waals surface area (Å²) in [6, 6.07) is 6.99. The van der Waals surface area contributed by atoms with Gasteiger partial charge in [-0.15, -0.1) is 10.2 Å². The van der Waals surface area contributed by atoms with Gasteiger partial charge in [0.2, 0.25) is 0 Å². The molecule has 2 aromatic heterocycles. The standard InChI is InChI=1S/C15H12ClF2N3S/c1-8(2)15-20-19-13-6-5-12(14(16)21(13)15)22-11-4-3-9(17)7-10(11)18/h3-8H,1-2H3. The van der Waals surface area contributed by atoms with Crippen molar-refractivity contribution < 1.29 is 8.78 Å². The van der Waals surface area contributed by atoms with Gasteiger partial charge in [-0.05, 0) is 24.3 Å². The maximum Gasteiger partial charge on any atom is 0.162 e. The Kier molecular flexibility index (Phi) is 4.06. The molecule has 3 nitrogen and oxygen atoms in total. The molecule has 0 aliphatic carbocycles. The van der Waals surface area contributed by atoms with E-state index in [1.807, 2.05) is 13.8 Å². The molecule has 1 aromatic carbocycles. The Balaban J connectivity index is 2.07. The number of hydrogen-bond acceptors (Lipinski definition) is 3. The number of pyridine rings is 1. The Morgan fingerprint density at radius 1 is 1.09 bits per heavy atom. The van der Waals surface area contributed by atoms with Crippen molar-refractivity contribution in [2.24, 2.45) is 0 Å². The highest BCUT2D eigenvalue weighted by Gasteiger charge is 2.16. The predicted octanol–water partition coefficient (Wildman–Crippen LogP) is 4.94. The lowest BCUT2D eigenvalue weighted by atomic mass is 10.2. The summed E-state index contributed by atoms with van der Waals surface area (Å²) in [6.45, 7) is 3.98. The van der Waals surface area contributed by atoms with Gasteiger partial charge in [0, 0.05) is 21.8 Å². The largest absolute Gasteiger partial charge is 0.268 e. The number of fused-ring (bicyclic) bond motifs is 1. The van der Waals surface area contributed by atoms with Crippen LogP contribution in [0.25, 0.3) is 5.65 Å². The molecule has 0 radical (unpaired) electrons. The van der Waals surface area contributed by atoms with Crippen LogP contribution in [0.15, 0.2) is 40.1 Å². The van der Waals surface area contributed by atoms with Gasteiger partial charge >= 0.3 is 0 Å². The van der Waals surface area contributed by atoms with Crippen molar-refractivity contribution in [3.05, 3.63) is 52.9 Å². The van der Waals surface area contributed by atoms with Crippen LogP contribution in [0.4, 0.5) is 8.78 Å². The van der Waals surface area contributed by atoms with Crippen LogP contribution in [0.3, 0.4) is 0 Å². The van der Waals surface area contributed by atoms with Gasteiger partial charge in [-0.3, -0.25) is 4.40 Å². The zero-order chi connectivity index (χ0) is 15.9. The van der Waals surface area contributed by atoms with E-state index in [4.69, 9.17) is 11.6 Å². The third-order valence-corrected chi connectivity index (χ3v) is 4.71. The first-order valence-electron chi connectivity index (χ1n) is 6.64. The van der Waals surface area contributed by atoms with E-state index < -0.39 is 11.6 Å². The molecule has 0 aliphatic rings. The summed E-state index contributed by atoms with van der Waals surface area (Å²) in [5, 5.41) is 8.62. The van der Waals surface area contributed by atoms with Crippen molar-refractivity contribution in [1.82, 2.24) is 14.6 Å². The summed E-state index contributed by atoms with van der Waals surface area (Å²) in [6.07, 6.45) is 0. The van der Waals surface area contributed by atoms with Gasteiger partial charge in [0.05, 0.1) is 0 Å². The number of halogens is 3. The number of hydrogen-bond donors (Lipinski definition) is 0. The van der Waals surface area contributed by atoms with Gasteiger partial charge in [-0.25, -0.2) is 8.78 Å². The lowest BCUT2D eigenvalue weighted by Gasteiger charge is -2.09. The molecule has 0 fully saturated rings. The zero-order valence-corrected chi connectivity index (χ0v) is 13.4. The van der Waals surface area contributed by atoms with Crippen molar-refractivity contribution in [1.29, 1.82) is 0 Å². The molecule has 0 saturated heterocycles. The number of rotatable bonds is 3. The average molecular weight is 340 g/mol. The summed E-state index contributed by atoms with van der Waals surface area (Å²) in [5.41, 5.74) is 0.637. The third-order valence-electron chi connectivity index (χ3n) is 3.13. The molecule has 0 atom stereocenters. The molecule has 0 amide bonds. The minimum Gasteiger partial charge on any atom is -0.268 e. The molecular formula is C15H12ClF2N3S. The summed E-state index contributed by atoms with van der Waals surface area (Å²) < 4.78 is 28.5. The van der Waals surface area contributed by atoms with Crippen LogP contribution in [-0.2, 0) is 0 Å². The molecular weight excluding hydrogens is 328 g/mol. The molecule has 2 heterocycles. The quantitative estimate of drug-likeness (QED) is 0.633. The van der Waals surface area contributed by atoms with E-state index >= 15 is 0 Å². The Bertz CT molecular complexity index is 848.